The minimum atomic E-state index is -0.0225. The lowest BCUT2D eigenvalue weighted by molar-refractivity contribution is 0.0383. The molecule has 3 heterocycles. The van der Waals surface area contributed by atoms with Crippen molar-refractivity contribution in [3.05, 3.63) is 82.8 Å². The van der Waals surface area contributed by atoms with Gasteiger partial charge in [-0.05, 0) is 47.3 Å². The molecule has 9 heteroatoms. The van der Waals surface area contributed by atoms with Gasteiger partial charge in [-0.2, -0.15) is 5.26 Å². The zero-order valence-electron chi connectivity index (χ0n) is 19.9. The highest BCUT2D eigenvalue weighted by Gasteiger charge is 2.13. The number of hydrogen-bond donors (Lipinski definition) is 2. The lowest BCUT2D eigenvalue weighted by Gasteiger charge is -2.26. The second kappa shape index (κ2) is 11.4. The number of nitriles is 1. The Labute approximate surface area is 214 Å². The smallest absolute Gasteiger partial charge is 0.261 e. The Morgan fingerprint density at radius 3 is 2.78 bits per heavy atom. The van der Waals surface area contributed by atoms with E-state index in [2.05, 4.69) is 43.3 Å². The topological polar surface area (TPSA) is 95.2 Å². The molecule has 1 aliphatic heterocycles. The average Bonchev–Trinajstić information content (AvgIpc) is 3.55. The molecule has 2 aromatic carbocycles. The molecule has 0 aliphatic carbocycles. The molecule has 8 nitrogen and oxygen atoms in total. The van der Waals surface area contributed by atoms with E-state index in [1.54, 1.807) is 0 Å². The van der Waals surface area contributed by atoms with Gasteiger partial charge in [0.2, 0.25) is 0 Å². The normalized spacial score (nSPS) is 14.0. The predicted molar refractivity (Wildman–Crippen MR) is 141 cm³/mol. The first kappa shape index (κ1) is 24.0. The highest BCUT2D eigenvalue weighted by molar-refractivity contribution is 7.20. The molecule has 184 valence electrons. The molecule has 2 N–H and O–H groups in total. The number of amides is 1. The third-order valence-corrected chi connectivity index (χ3v) is 7.38. The molecule has 4 aromatic rings. The number of nitrogens with one attached hydrogen (secondary N) is 2. The average molecular weight is 501 g/mol. The molecule has 1 aliphatic rings. The number of fused-ring (bicyclic) bond motifs is 1. The SMILES string of the molecule is N#Cc1ccc(Cn2cncc2CNc2ccc3sc(C(=O)NCCN4CCOCC4)cc3c2)cc1. The molecule has 0 atom stereocenters. The van der Waals surface area contributed by atoms with Gasteiger partial charge in [-0.15, -0.1) is 11.3 Å². The largest absolute Gasteiger partial charge is 0.379 e. The number of benzene rings is 2. The molecule has 5 rings (SSSR count). The molecule has 1 fully saturated rings. The van der Waals surface area contributed by atoms with E-state index >= 15 is 0 Å². The molecule has 0 radical (unpaired) electrons. The van der Waals surface area contributed by atoms with E-state index in [-0.39, 0.29) is 5.91 Å². The highest BCUT2D eigenvalue weighted by Crippen LogP contribution is 2.28. The second-order valence-electron chi connectivity index (χ2n) is 8.75. The first-order valence-corrected chi connectivity index (χ1v) is 12.8. The first-order valence-electron chi connectivity index (χ1n) is 12.0. The number of thiophene rings is 1. The Morgan fingerprint density at radius 1 is 1.14 bits per heavy atom. The Morgan fingerprint density at radius 2 is 1.97 bits per heavy atom. The Kier molecular flexibility index (Phi) is 7.57. The molecule has 0 saturated carbocycles. The molecule has 1 saturated heterocycles. The number of aromatic nitrogens is 2. The molecule has 2 aromatic heterocycles. The number of anilines is 1. The van der Waals surface area contributed by atoms with Crippen LogP contribution >= 0.6 is 11.3 Å². The van der Waals surface area contributed by atoms with Crippen molar-refractivity contribution < 1.29 is 9.53 Å². The quantitative estimate of drug-likeness (QED) is 0.364. The lowest BCUT2D eigenvalue weighted by Crippen LogP contribution is -2.41. The summed E-state index contributed by atoms with van der Waals surface area (Å²) in [5, 5.41) is 16.6. The van der Waals surface area contributed by atoms with Crippen LogP contribution in [0.5, 0.6) is 0 Å². The van der Waals surface area contributed by atoms with Crippen LogP contribution in [0.1, 0.15) is 26.5 Å². The molecule has 0 spiro atoms. The van der Waals surface area contributed by atoms with E-state index in [1.165, 1.54) is 11.3 Å². The summed E-state index contributed by atoms with van der Waals surface area (Å²) in [5.41, 5.74) is 3.82. The molecular weight excluding hydrogens is 472 g/mol. The molecule has 36 heavy (non-hydrogen) atoms. The van der Waals surface area contributed by atoms with Gasteiger partial charge in [0.25, 0.3) is 5.91 Å². The summed E-state index contributed by atoms with van der Waals surface area (Å²) in [4.78, 5) is 20.0. The number of carbonyl (C=O) groups is 1. The van der Waals surface area contributed by atoms with Crippen molar-refractivity contribution in [1.82, 2.24) is 19.8 Å². The van der Waals surface area contributed by atoms with Crippen LogP contribution in [0.15, 0.2) is 61.1 Å². The molecule has 1 amide bonds. The van der Waals surface area contributed by atoms with Crippen molar-refractivity contribution in [2.45, 2.75) is 13.1 Å². The molecule has 0 unspecified atom stereocenters. The van der Waals surface area contributed by atoms with Crippen molar-refractivity contribution in [2.24, 2.45) is 0 Å². The van der Waals surface area contributed by atoms with Gasteiger partial charge in [-0.3, -0.25) is 9.69 Å². The standard InChI is InChI=1S/C27H28N6O2S/c28-15-20-1-3-21(4-2-20)18-33-19-29-16-24(33)17-31-23-5-6-25-22(13-23)14-26(36-25)27(34)30-7-8-32-9-11-35-12-10-32/h1-6,13-14,16,19,31H,7-12,17-18H2,(H,30,34). The maximum absolute atomic E-state index is 12.7. The van der Waals surface area contributed by atoms with Crippen molar-refractivity contribution in [3.63, 3.8) is 0 Å². The van der Waals surface area contributed by atoms with Crippen LogP contribution < -0.4 is 10.6 Å². The summed E-state index contributed by atoms with van der Waals surface area (Å²) in [7, 11) is 0. The second-order valence-corrected chi connectivity index (χ2v) is 9.83. The van der Waals surface area contributed by atoms with Crippen LogP contribution in [0.25, 0.3) is 10.1 Å². The monoisotopic (exact) mass is 500 g/mol. The predicted octanol–water partition coefficient (Wildman–Crippen LogP) is 3.69. The minimum absolute atomic E-state index is 0.0225. The highest BCUT2D eigenvalue weighted by atomic mass is 32.1. The van der Waals surface area contributed by atoms with E-state index in [0.29, 0.717) is 25.2 Å². The maximum Gasteiger partial charge on any atom is 0.261 e. The zero-order chi connectivity index (χ0) is 24.7. The van der Waals surface area contributed by atoms with Crippen molar-refractivity contribution in [1.29, 1.82) is 5.26 Å². The van der Waals surface area contributed by atoms with Crippen LogP contribution in [0.2, 0.25) is 0 Å². The number of nitrogens with zero attached hydrogens (tertiary/aromatic N) is 4. The van der Waals surface area contributed by atoms with Crippen molar-refractivity contribution in [2.75, 3.05) is 44.7 Å². The van der Waals surface area contributed by atoms with Gasteiger partial charge in [-0.25, -0.2) is 4.98 Å². The summed E-state index contributed by atoms with van der Waals surface area (Å²) >= 11 is 1.51. The van der Waals surface area contributed by atoms with E-state index in [1.807, 2.05) is 48.9 Å². The Hall–Kier alpha value is -3.71. The first-order chi connectivity index (χ1) is 17.7. The van der Waals surface area contributed by atoms with Gasteiger partial charge in [0.05, 0.1) is 48.3 Å². The van der Waals surface area contributed by atoms with Crippen molar-refractivity contribution in [3.8, 4) is 6.07 Å². The Bertz CT molecular complexity index is 1370. The van der Waals surface area contributed by atoms with Crippen LogP contribution in [0, 0.1) is 11.3 Å². The summed E-state index contributed by atoms with van der Waals surface area (Å²) in [6.45, 7) is 6.17. The molecule has 0 bridgehead atoms. The Balaban J connectivity index is 1.17. The van der Waals surface area contributed by atoms with Gasteiger partial charge in [0.15, 0.2) is 0 Å². The number of ether oxygens (including phenoxy) is 1. The van der Waals surface area contributed by atoms with Crippen LogP contribution in [-0.2, 0) is 17.8 Å². The van der Waals surface area contributed by atoms with E-state index < -0.39 is 0 Å². The zero-order valence-corrected chi connectivity index (χ0v) is 20.8. The van der Waals surface area contributed by atoms with Gasteiger partial charge in [-0.1, -0.05) is 12.1 Å². The van der Waals surface area contributed by atoms with Crippen LogP contribution in [0.3, 0.4) is 0 Å². The van der Waals surface area contributed by atoms with Crippen molar-refractivity contribution >= 4 is 33.0 Å². The van der Waals surface area contributed by atoms with Gasteiger partial charge in [0, 0.05) is 49.3 Å². The summed E-state index contributed by atoms with van der Waals surface area (Å²) in [6.07, 6.45) is 3.68. The fraction of sp³-hybridized carbons (Fsp3) is 0.296. The number of imidazole rings is 1. The fourth-order valence-corrected chi connectivity index (χ4v) is 5.18. The number of hydrogen-bond acceptors (Lipinski definition) is 7. The van der Waals surface area contributed by atoms with Gasteiger partial charge < -0.3 is 19.9 Å². The van der Waals surface area contributed by atoms with E-state index in [0.717, 1.165) is 64.8 Å². The number of carbonyl (C=O) groups excluding carboxylic acids is 1. The summed E-state index contributed by atoms with van der Waals surface area (Å²) < 4.78 is 8.55. The number of rotatable bonds is 9. The van der Waals surface area contributed by atoms with E-state index in [4.69, 9.17) is 10.00 Å². The molecular formula is C27H28N6O2S. The van der Waals surface area contributed by atoms with Crippen LogP contribution in [0.4, 0.5) is 5.69 Å². The van der Waals surface area contributed by atoms with Gasteiger partial charge in [0.1, 0.15) is 0 Å². The number of morpholine rings is 1. The summed E-state index contributed by atoms with van der Waals surface area (Å²) in [6, 6.07) is 17.9. The lowest BCUT2D eigenvalue weighted by atomic mass is 10.1. The van der Waals surface area contributed by atoms with Crippen LogP contribution in [-0.4, -0.2) is 59.8 Å². The third-order valence-electron chi connectivity index (χ3n) is 6.27. The minimum Gasteiger partial charge on any atom is -0.379 e. The van der Waals surface area contributed by atoms with Gasteiger partial charge >= 0.3 is 0 Å². The fourth-order valence-electron chi connectivity index (χ4n) is 4.22. The summed E-state index contributed by atoms with van der Waals surface area (Å²) in [5.74, 6) is -0.0225. The van der Waals surface area contributed by atoms with E-state index in [9.17, 15) is 4.79 Å². The maximum atomic E-state index is 12.7. The third kappa shape index (κ3) is 5.91.